The normalized spacial score (nSPS) is 13.1. The van der Waals surface area contributed by atoms with E-state index in [0.717, 1.165) is 24.8 Å². The summed E-state index contributed by atoms with van der Waals surface area (Å²) in [5, 5.41) is 11.7. The van der Waals surface area contributed by atoms with Gasteiger partial charge in [0.15, 0.2) is 0 Å². The highest BCUT2D eigenvalue weighted by molar-refractivity contribution is 5.71. The fourth-order valence-electron chi connectivity index (χ4n) is 2.49. The first kappa shape index (κ1) is 19.0. The number of aliphatic carboxylic acids is 1. The molecule has 0 aliphatic carbocycles. The Bertz CT molecular complexity index is 475. The number of hydrogen-bond acceptors (Lipinski definition) is 3. The minimum Gasteiger partial charge on any atom is -0.481 e. The van der Waals surface area contributed by atoms with Crippen LogP contribution in [-0.2, 0) is 16.1 Å². The SMILES string of the molecule is CCCC[C@@H](C)C[C@@H](CC(=O)O)NC(=O)OCc1ccccc1. The molecule has 0 aromatic heterocycles. The second-order valence-corrected chi connectivity index (χ2v) is 5.98. The van der Waals surface area contributed by atoms with E-state index in [-0.39, 0.29) is 13.0 Å². The largest absolute Gasteiger partial charge is 0.481 e. The molecule has 0 spiro atoms. The highest BCUT2D eigenvalue weighted by Gasteiger charge is 2.19. The second-order valence-electron chi connectivity index (χ2n) is 5.98. The molecule has 128 valence electrons. The van der Waals surface area contributed by atoms with Crippen molar-refractivity contribution in [2.75, 3.05) is 0 Å². The van der Waals surface area contributed by atoms with Crippen molar-refractivity contribution < 1.29 is 19.4 Å². The molecule has 0 heterocycles. The van der Waals surface area contributed by atoms with E-state index in [2.05, 4.69) is 19.2 Å². The standard InChI is InChI=1S/C18H27NO4/c1-3-4-8-14(2)11-16(12-17(20)21)19-18(22)23-13-15-9-6-5-7-10-15/h5-7,9-10,14,16H,3-4,8,11-13H2,1-2H3,(H,19,22)(H,20,21)/t14-,16+/m1/s1. The van der Waals surface area contributed by atoms with Gasteiger partial charge in [-0.05, 0) is 17.9 Å². The maximum Gasteiger partial charge on any atom is 0.407 e. The topological polar surface area (TPSA) is 75.6 Å². The predicted molar refractivity (Wildman–Crippen MR) is 89.1 cm³/mol. The van der Waals surface area contributed by atoms with Gasteiger partial charge in [-0.1, -0.05) is 63.4 Å². The zero-order valence-electron chi connectivity index (χ0n) is 14.0. The van der Waals surface area contributed by atoms with Gasteiger partial charge in [0.2, 0.25) is 0 Å². The van der Waals surface area contributed by atoms with Crippen LogP contribution in [0.15, 0.2) is 30.3 Å². The number of carbonyl (C=O) groups is 2. The van der Waals surface area contributed by atoms with E-state index in [4.69, 9.17) is 9.84 Å². The third-order valence-corrected chi connectivity index (χ3v) is 3.69. The summed E-state index contributed by atoms with van der Waals surface area (Å²) in [5.74, 6) is -0.547. The number of benzene rings is 1. The number of carbonyl (C=O) groups excluding carboxylic acids is 1. The molecule has 0 saturated heterocycles. The molecule has 1 amide bonds. The number of carboxylic acids is 1. The minimum atomic E-state index is -0.916. The van der Waals surface area contributed by atoms with E-state index < -0.39 is 18.1 Å². The molecule has 0 aliphatic rings. The Balaban J connectivity index is 2.44. The van der Waals surface area contributed by atoms with Crippen molar-refractivity contribution in [2.24, 2.45) is 5.92 Å². The third kappa shape index (κ3) is 8.86. The van der Waals surface area contributed by atoms with Crippen LogP contribution in [0.2, 0.25) is 0 Å². The van der Waals surface area contributed by atoms with Gasteiger partial charge in [-0.15, -0.1) is 0 Å². The minimum absolute atomic E-state index is 0.0864. The Morgan fingerprint density at radius 3 is 2.57 bits per heavy atom. The molecule has 0 unspecified atom stereocenters. The predicted octanol–water partition coefficient (Wildman–Crippen LogP) is 3.97. The van der Waals surface area contributed by atoms with Crippen LogP contribution in [0, 0.1) is 5.92 Å². The molecule has 23 heavy (non-hydrogen) atoms. The van der Waals surface area contributed by atoms with Crippen LogP contribution in [0.4, 0.5) is 4.79 Å². The molecule has 0 bridgehead atoms. The third-order valence-electron chi connectivity index (χ3n) is 3.69. The average molecular weight is 321 g/mol. The molecule has 5 heteroatoms. The van der Waals surface area contributed by atoms with E-state index in [9.17, 15) is 9.59 Å². The van der Waals surface area contributed by atoms with Crippen LogP contribution in [0.1, 0.15) is 51.5 Å². The second kappa shape index (κ2) is 10.6. The molecule has 2 N–H and O–H groups in total. The van der Waals surface area contributed by atoms with Gasteiger partial charge < -0.3 is 15.2 Å². The molecule has 0 fully saturated rings. The molecule has 1 rings (SSSR count). The number of carboxylic acid groups (broad SMARTS) is 1. The van der Waals surface area contributed by atoms with Gasteiger partial charge in [0.25, 0.3) is 0 Å². The Kier molecular flexibility index (Phi) is 8.80. The Labute approximate surface area is 138 Å². The maximum atomic E-state index is 11.9. The van der Waals surface area contributed by atoms with E-state index in [1.165, 1.54) is 0 Å². The highest BCUT2D eigenvalue weighted by Crippen LogP contribution is 2.16. The summed E-state index contributed by atoms with van der Waals surface area (Å²) in [4.78, 5) is 22.9. The number of rotatable bonds is 10. The van der Waals surface area contributed by atoms with Crippen molar-refractivity contribution in [3.8, 4) is 0 Å². The molecule has 5 nitrogen and oxygen atoms in total. The molecular weight excluding hydrogens is 294 g/mol. The molecule has 2 atom stereocenters. The maximum absolute atomic E-state index is 11.9. The van der Waals surface area contributed by atoms with Crippen LogP contribution < -0.4 is 5.32 Å². The number of alkyl carbamates (subject to hydrolysis) is 1. The van der Waals surface area contributed by atoms with Gasteiger partial charge in [-0.3, -0.25) is 4.79 Å². The Morgan fingerprint density at radius 1 is 1.26 bits per heavy atom. The lowest BCUT2D eigenvalue weighted by atomic mass is 9.95. The van der Waals surface area contributed by atoms with Crippen molar-refractivity contribution >= 4 is 12.1 Å². The fourth-order valence-corrected chi connectivity index (χ4v) is 2.49. The summed E-state index contributed by atoms with van der Waals surface area (Å²) < 4.78 is 5.16. The van der Waals surface area contributed by atoms with Crippen LogP contribution in [-0.4, -0.2) is 23.2 Å². The molecule has 0 saturated carbocycles. The number of hydrogen-bond donors (Lipinski definition) is 2. The zero-order chi connectivity index (χ0) is 17.1. The lowest BCUT2D eigenvalue weighted by Gasteiger charge is -2.20. The number of amides is 1. The zero-order valence-corrected chi connectivity index (χ0v) is 14.0. The summed E-state index contributed by atoms with van der Waals surface area (Å²) in [6.07, 6.45) is 3.25. The Morgan fingerprint density at radius 2 is 1.96 bits per heavy atom. The number of ether oxygens (including phenoxy) is 1. The van der Waals surface area contributed by atoms with Gasteiger partial charge in [-0.2, -0.15) is 0 Å². The monoisotopic (exact) mass is 321 g/mol. The molecular formula is C18H27NO4. The van der Waals surface area contributed by atoms with Crippen LogP contribution in [0.5, 0.6) is 0 Å². The van der Waals surface area contributed by atoms with E-state index in [0.29, 0.717) is 12.3 Å². The van der Waals surface area contributed by atoms with Crippen molar-refractivity contribution in [1.29, 1.82) is 0 Å². The lowest BCUT2D eigenvalue weighted by molar-refractivity contribution is -0.137. The molecule has 0 radical (unpaired) electrons. The summed E-state index contributed by atoms with van der Waals surface area (Å²) in [7, 11) is 0. The average Bonchev–Trinajstić information content (AvgIpc) is 2.51. The lowest BCUT2D eigenvalue weighted by Crippen LogP contribution is -2.38. The first-order valence-corrected chi connectivity index (χ1v) is 8.20. The van der Waals surface area contributed by atoms with Crippen molar-refractivity contribution in [1.82, 2.24) is 5.32 Å². The van der Waals surface area contributed by atoms with Gasteiger partial charge in [0.1, 0.15) is 6.61 Å². The fraction of sp³-hybridized carbons (Fsp3) is 0.556. The van der Waals surface area contributed by atoms with Gasteiger partial charge >= 0.3 is 12.1 Å². The van der Waals surface area contributed by atoms with Gasteiger partial charge in [-0.25, -0.2) is 4.79 Å². The van der Waals surface area contributed by atoms with E-state index >= 15 is 0 Å². The first-order chi connectivity index (χ1) is 11.0. The number of nitrogens with one attached hydrogen (secondary N) is 1. The summed E-state index contributed by atoms with van der Waals surface area (Å²) >= 11 is 0. The smallest absolute Gasteiger partial charge is 0.407 e. The van der Waals surface area contributed by atoms with Crippen LogP contribution in [0.3, 0.4) is 0 Å². The molecule has 1 aromatic rings. The van der Waals surface area contributed by atoms with Crippen LogP contribution >= 0.6 is 0 Å². The van der Waals surface area contributed by atoms with Gasteiger partial charge in [0, 0.05) is 6.04 Å². The number of unbranched alkanes of at least 4 members (excludes halogenated alkanes) is 1. The van der Waals surface area contributed by atoms with Gasteiger partial charge in [0.05, 0.1) is 6.42 Å². The van der Waals surface area contributed by atoms with E-state index in [1.54, 1.807) is 0 Å². The van der Waals surface area contributed by atoms with Crippen molar-refractivity contribution in [2.45, 2.75) is 58.6 Å². The summed E-state index contributed by atoms with van der Waals surface area (Å²) in [6, 6.07) is 8.98. The van der Waals surface area contributed by atoms with Crippen LogP contribution in [0.25, 0.3) is 0 Å². The quantitative estimate of drug-likeness (QED) is 0.683. The van der Waals surface area contributed by atoms with Crippen molar-refractivity contribution in [3.05, 3.63) is 35.9 Å². The summed E-state index contributed by atoms with van der Waals surface area (Å²) in [6.45, 7) is 4.39. The van der Waals surface area contributed by atoms with E-state index in [1.807, 2.05) is 30.3 Å². The molecule has 0 aliphatic heterocycles. The van der Waals surface area contributed by atoms with Crippen molar-refractivity contribution in [3.63, 3.8) is 0 Å². The molecule has 1 aromatic carbocycles. The highest BCUT2D eigenvalue weighted by atomic mass is 16.5. The Hall–Kier alpha value is -2.04. The summed E-state index contributed by atoms with van der Waals surface area (Å²) in [5.41, 5.74) is 0.897. The first-order valence-electron chi connectivity index (χ1n) is 8.20.